The number of nitrogens with one attached hydrogen (secondary N) is 1. The van der Waals surface area contributed by atoms with Crippen LogP contribution in [0.5, 0.6) is 0 Å². The Morgan fingerprint density at radius 2 is 1.52 bits per heavy atom. The number of sulfonamides is 1. The zero-order chi connectivity index (χ0) is 18.6. The Bertz CT molecular complexity index is 816. The van der Waals surface area contributed by atoms with Gasteiger partial charge in [0.25, 0.3) is 5.91 Å². The molecule has 0 spiro atoms. The highest BCUT2D eigenvalue weighted by molar-refractivity contribution is 7.89. The third-order valence-electron chi connectivity index (χ3n) is 3.99. The summed E-state index contributed by atoms with van der Waals surface area (Å²) in [5.41, 5.74) is 1.49. The van der Waals surface area contributed by atoms with Gasteiger partial charge in [0.2, 0.25) is 10.0 Å². The summed E-state index contributed by atoms with van der Waals surface area (Å²) in [7, 11) is -1.82. The van der Waals surface area contributed by atoms with E-state index in [1.54, 1.807) is 37.9 Å². The Hall–Kier alpha value is -2.18. The predicted octanol–water partition coefficient (Wildman–Crippen LogP) is 3.21. The van der Waals surface area contributed by atoms with E-state index in [9.17, 15) is 13.2 Å². The number of amides is 1. The van der Waals surface area contributed by atoms with Crippen LogP contribution >= 0.6 is 0 Å². The molecule has 2 aromatic rings. The van der Waals surface area contributed by atoms with Crippen LogP contribution in [0.3, 0.4) is 0 Å². The largest absolute Gasteiger partial charge is 0.335 e. The summed E-state index contributed by atoms with van der Waals surface area (Å²) in [6.07, 6.45) is 0. The molecule has 0 aromatic heterocycles. The second-order valence-corrected chi connectivity index (χ2v) is 8.02. The average Bonchev–Trinajstić information content (AvgIpc) is 2.59. The van der Waals surface area contributed by atoms with E-state index in [2.05, 4.69) is 4.72 Å². The van der Waals surface area contributed by atoms with E-state index in [0.29, 0.717) is 5.56 Å². The number of hydrogen-bond acceptors (Lipinski definition) is 3. The minimum Gasteiger partial charge on any atom is -0.335 e. The summed E-state index contributed by atoms with van der Waals surface area (Å²) in [6.45, 7) is 5.48. The summed E-state index contributed by atoms with van der Waals surface area (Å²) < 4.78 is 26.8. The van der Waals surface area contributed by atoms with Crippen molar-refractivity contribution in [2.75, 3.05) is 7.05 Å². The van der Waals surface area contributed by atoms with E-state index >= 15 is 0 Å². The van der Waals surface area contributed by atoms with Gasteiger partial charge in [-0.05, 0) is 50.6 Å². The Labute approximate surface area is 149 Å². The molecule has 0 fully saturated rings. The number of benzene rings is 2. The first kappa shape index (κ1) is 19.1. The van der Waals surface area contributed by atoms with E-state index in [-0.39, 0.29) is 22.9 Å². The summed E-state index contributed by atoms with van der Waals surface area (Å²) in [6, 6.07) is 15.5. The van der Waals surface area contributed by atoms with Crippen LogP contribution in [0.15, 0.2) is 59.5 Å². The van der Waals surface area contributed by atoms with Crippen molar-refractivity contribution in [2.24, 2.45) is 0 Å². The van der Waals surface area contributed by atoms with Crippen LogP contribution in [0.4, 0.5) is 0 Å². The molecule has 0 aliphatic heterocycles. The van der Waals surface area contributed by atoms with E-state index < -0.39 is 10.0 Å². The van der Waals surface area contributed by atoms with Gasteiger partial charge in [0.15, 0.2) is 0 Å². The van der Waals surface area contributed by atoms with Crippen LogP contribution in [-0.4, -0.2) is 32.3 Å². The van der Waals surface area contributed by atoms with Gasteiger partial charge in [-0.2, -0.15) is 0 Å². The molecule has 1 N–H and O–H groups in total. The number of carbonyl (C=O) groups excluding carboxylic acids is 1. The molecule has 0 saturated heterocycles. The van der Waals surface area contributed by atoms with Gasteiger partial charge in [0.1, 0.15) is 0 Å². The van der Waals surface area contributed by atoms with Crippen molar-refractivity contribution in [2.45, 2.75) is 37.8 Å². The van der Waals surface area contributed by atoms with E-state index in [4.69, 9.17) is 0 Å². The Kier molecular flexibility index (Phi) is 5.98. The molecule has 0 unspecified atom stereocenters. The van der Waals surface area contributed by atoms with E-state index in [1.165, 1.54) is 12.1 Å². The Morgan fingerprint density at radius 1 is 0.960 bits per heavy atom. The van der Waals surface area contributed by atoms with Gasteiger partial charge in [0.05, 0.1) is 10.9 Å². The lowest BCUT2D eigenvalue weighted by atomic mass is 10.1. The molecule has 2 rings (SSSR count). The van der Waals surface area contributed by atoms with Crippen LogP contribution in [0.2, 0.25) is 0 Å². The molecule has 0 heterocycles. The van der Waals surface area contributed by atoms with Crippen molar-refractivity contribution < 1.29 is 13.2 Å². The van der Waals surface area contributed by atoms with Crippen molar-refractivity contribution >= 4 is 15.9 Å². The fraction of sp³-hybridized carbons (Fsp3) is 0.316. The average molecular weight is 360 g/mol. The standard InChI is InChI=1S/C19H24N2O3S/c1-14(2)20-25(23,24)18-12-10-17(11-13-18)19(22)21(4)15(3)16-8-6-5-7-9-16/h5-15,20H,1-4H3/t15-/m0/s1. The van der Waals surface area contributed by atoms with Crippen molar-refractivity contribution in [3.63, 3.8) is 0 Å². The smallest absolute Gasteiger partial charge is 0.254 e. The quantitative estimate of drug-likeness (QED) is 0.860. The maximum Gasteiger partial charge on any atom is 0.254 e. The molecular formula is C19H24N2O3S. The predicted molar refractivity (Wildman–Crippen MR) is 98.9 cm³/mol. The van der Waals surface area contributed by atoms with Gasteiger partial charge in [-0.1, -0.05) is 30.3 Å². The van der Waals surface area contributed by atoms with E-state index in [1.807, 2.05) is 37.3 Å². The fourth-order valence-corrected chi connectivity index (χ4v) is 3.74. The third-order valence-corrected chi connectivity index (χ3v) is 5.66. The molecule has 1 atom stereocenters. The molecule has 0 aliphatic rings. The second-order valence-electron chi connectivity index (χ2n) is 6.30. The van der Waals surface area contributed by atoms with E-state index in [0.717, 1.165) is 5.56 Å². The molecule has 25 heavy (non-hydrogen) atoms. The molecule has 0 radical (unpaired) electrons. The maximum atomic E-state index is 12.7. The highest BCUT2D eigenvalue weighted by atomic mass is 32.2. The normalized spacial score (nSPS) is 12.8. The molecule has 0 bridgehead atoms. The molecule has 134 valence electrons. The van der Waals surface area contributed by atoms with Crippen LogP contribution < -0.4 is 4.72 Å². The zero-order valence-electron chi connectivity index (χ0n) is 14.9. The molecule has 0 saturated carbocycles. The van der Waals surface area contributed by atoms with Gasteiger partial charge in [0, 0.05) is 18.7 Å². The number of carbonyl (C=O) groups is 1. The maximum absolute atomic E-state index is 12.7. The molecule has 0 aliphatic carbocycles. The molecule has 1 amide bonds. The van der Waals surface area contributed by atoms with Crippen LogP contribution in [-0.2, 0) is 10.0 Å². The Morgan fingerprint density at radius 3 is 2.04 bits per heavy atom. The lowest BCUT2D eigenvalue weighted by Gasteiger charge is -2.25. The highest BCUT2D eigenvalue weighted by Gasteiger charge is 2.20. The lowest BCUT2D eigenvalue weighted by Crippen LogP contribution is -2.31. The molecule has 2 aromatic carbocycles. The summed E-state index contributed by atoms with van der Waals surface area (Å²) in [4.78, 5) is 14.5. The van der Waals surface area contributed by atoms with Gasteiger partial charge in [-0.15, -0.1) is 0 Å². The Balaban J connectivity index is 2.17. The topological polar surface area (TPSA) is 66.5 Å². The minimum absolute atomic E-state index is 0.0836. The van der Waals surface area contributed by atoms with Crippen molar-refractivity contribution in [1.82, 2.24) is 9.62 Å². The zero-order valence-corrected chi connectivity index (χ0v) is 15.7. The molecular weight excluding hydrogens is 336 g/mol. The second kappa shape index (κ2) is 7.80. The number of nitrogens with zero attached hydrogens (tertiary/aromatic N) is 1. The summed E-state index contributed by atoms with van der Waals surface area (Å²) >= 11 is 0. The van der Waals surface area contributed by atoms with Crippen molar-refractivity contribution in [3.8, 4) is 0 Å². The summed E-state index contributed by atoms with van der Waals surface area (Å²) in [5.74, 6) is -0.155. The number of hydrogen-bond donors (Lipinski definition) is 1. The van der Waals surface area contributed by atoms with Gasteiger partial charge >= 0.3 is 0 Å². The lowest BCUT2D eigenvalue weighted by molar-refractivity contribution is 0.0742. The number of rotatable bonds is 6. The molecule has 5 nitrogen and oxygen atoms in total. The van der Waals surface area contributed by atoms with Gasteiger partial charge in [-0.3, -0.25) is 4.79 Å². The van der Waals surface area contributed by atoms with Crippen molar-refractivity contribution in [3.05, 3.63) is 65.7 Å². The minimum atomic E-state index is -3.56. The van der Waals surface area contributed by atoms with Gasteiger partial charge in [-0.25, -0.2) is 13.1 Å². The van der Waals surface area contributed by atoms with Gasteiger partial charge < -0.3 is 4.90 Å². The first-order valence-corrected chi connectivity index (χ1v) is 9.65. The van der Waals surface area contributed by atoms with Crippen LogP contribution in [0, 0.1) is 0 Å². The fourth-order valence-electron chi connectivity index (χ4n) is 2.49. The van der Waals surface area contributed by atoms with Crippen LogP contribution in [0.25, 0.3) is 0 Å². The molecule has 6 heteroatoms. The first-order valence-electron chi connectivity index (χ1n) is 8.17. The SMILES string of the molecule is CC(C)NS(=O)(=O)c1ccc(C(=O)N(C)[C@@H](C)c2ccccc2)cc1. The highest BCUT2D eigenvalue weighted by Crippen LogP contribution is 2.21. The first-order chi connectivity index (χ1) is 11.7. The summed E-state index contributed by atoms with van der Waals surface area (Å²) in [5, 5.41) is 0. The van der Waals surface area contributed by atoms with Crippen molar-refractivity contribution in [1.29, 1.82) is 0 Å². The third kappa shape index (κ3) is 4.67. The van der Waals surface area contributed by atoms with Crippen LogP contribution in [0.1, 0.15) is 42.7 Å². The monoisotopic (exact) mass is 360 g/mol.